The van der Waals surface area contributed by atoms with Gasteiger partial charge in [-0.2, -0.15) is 18.3 Å². The summed E-state index contributed by atoms with van der Waals surface area (Å²) in [6.45, 7) is 4.25. The number of nitrogens with one attached hydrogen (secondary N) is 1. The van der Waals surface area contributed by atoms with Crippen molar-refractivity contribution in [3.8, 4) is 5.69 Å². The molecule has 0 fully saturated rings. The van der Waals surface area contributed by atoms with Crippen LogP contribution < -0.4 is 10.9 Å². The van der Waals surface area contributed by atoms with Gasteiger partial charge in [0.1, 0.15) is 0 Å². The van der Waals surface area contributed by atoms with Crippen LogP contribution in [0.1, 0.15) is 33.6 Å². The summed E-state index contributed by atoms with van der Waals surface area (Å²) in [4.78, 5) is 24.5. The van der Waals surface area contributed by atoms with Gasteiger partial charge in [-0.25, -0.2) is 4.68 Å². The molecule has 1 N–H and O–H groups in total. The number of amides is 1. The van der Waals surface area contributed by atoms with Crippen LogP contribution in [0, 0.1) is 13.8 Å². The topological polar surface area (TPSA) is 68.9 Å². The second kappa shape index (κ2) is 10.2. The molecule has 0 spiro atoms. The Morgan fingerprint density at radius 2 is 1.69 bits per heavy atom. The molecular weight excluding hydrogens is 469 g/mol. The highest BCUT2D eigenvalue weighted by molar-refractivity contribution is 5.79. The molecule has 0 radical (unpaired) electrons. The Morgan fingerprint density at radius 1 is 0.972 bits per heavy atom. The highest BCUT2D eigenvalue weighted by Crippen LogP contribution is 2.31. The fourth-order valence-corrected chi connectivity index (χ4v) is 3.97. The molecular formula is C27H25F3N4O2. The van der Waals surface area contributed by atoms with Crippen molar-refractivity contribution in [3.05, 3.63) is 117 Å². The van der Waals surface area contributed by atoms with E-state index in [2.05, 4.69) is 10.4 Å². The van der Waals surface area contributed by atoms with Gasteiger partial charge in [-0.3, -0.25) is 9.59 Å². The van der Waals surface area contributed by atoms with E-state index in [1.807, 2.05) is 24.3 Å². The smallest absolute Gasteiger partial charge is 0.352 e. The average molecular weight is 495 g/mol. The van der Waals surface area contributed by atoms with Crippen LogP contribution in [0.3, 0.4) is 0 Å². The number of pyridine rings is 1. The molecule has 0 saturated heterocycles. The predicted octanol–water partition coefficient (Wildman–Crippen LogP) is 4.58. The lowest BCUT2D eigenvalue weighted by Gasteiger charge is -2.10. The first kappa shape index (κ1) is 25.0. The number of alkyl halides is 3. The third-order valence-corrected chi connectivity index (χ3v) is 5.96. The van der Waals surface area contributed by atoms with E-state index in [9.17, 15) is 22.8 Å². The molecule has 2 aromatic carbocycles. The molecule has 9 heteroatoms. The van der Waals surface area contributed by atoms with Gasteiger partial charge in [-0.05, 0) is 49.2 Å². The summed E-state index contributed by atoms with van der Waals surface area (Å²) in [5.41, 5.74) is 3.20. The number of nitrogens with zero attached hydrogens (tertiary/aromatic N) is 3. The van der Waals surface area contributed by atoms with Crippen molar-refractivity contribution in [3.63, 3.8) is 0 Å². The van der Waals surface area contributed by atoms with E-state index in [0.29, 0.717) is 30.0 Å². The fourth-order valence-electron chi connectivity index (χ4n) is 3.97. The summed E-state index contributed by atoms with van der Waals surface area (Å²) in [7, 11) is 0. The largest absolute Gasteiger partial charge is 0.416 e. The van der Waals surface area contributed by atoms with E-state index in [1.54, 1.807) is 42.8 Å². The van der Waals surface area contributed by atoms with E-state index < -0.39 is 11.7 Å². The monoisotopic (exact) mass is 494 g/mol. The molecule has 186 valence electrons. The van der Waals surface area contributed by atoms with Crippen molar-refractivity contribution in [2.45, 2.75) is 39.5 Å². The molecule has 2 heterocycles. The highest BCUT2D eigenvalue weighted by Gasteiger charge is 2.30. The second-order valence-electron chi connectivity index (χ2n) is 8.55. The number of rotatable bonds is 7. The maximum atomic E-state index is 13.1. The van der Waals surface area contributed by atoms with Crippen molar-refractivity contribution >= 4 is 5.91 Å². The van der Waals surface area contributed by atoms with Crippen molar-refractivity contribution in [2.75, 3.05) is 0 Å². The third kappa shape index (κ3) is 5.73. The number of hydrogen-bond acceptors (Lipinski definition) is 3. The summed E-state index contributed by atoms with van der Waals surface area (Å²) in [6, 6.07) is 17.6. The standard InChI is InChI=1S/C27H25F3N4O2/c1-18-24(19(2)34(32-18)23-7-5-6-22(14-23)27(28,29)30)15-25(35)31-16-20-9-11-21(12-10-20)17-33-13-4-3-8-26(33)36/h3-14H,15-17H2,1-2H3,(H,31,35). The summed E-state index contributed by atoms with van der Waals surface area (Å²) >= 11 is 0. The lowest BCUT2D eigenvalue weighted by molar-refractivity contribution is -0.137. The molecule has 6 nitrogen and oxygen atoms in total. The first-order valence-electron chi connectivity index (χ1n) is 11.3. The van der Waals surface area contributed by atoms with Gasteiger partial charge in [0.15, 0.2) is 0 Å². The Morgan fingerprint density at radius 3 is 2.39 bits per heavy atom. The second-order valence-corrected chi connectivity index (χ2v) is 8.55. The van der Waals surface area contributed by atoms with Gasteiger partial charge >= 0.3 is 6.18 Å². The minimum atomic E-state index is -4.45. The zero-order valence-corrected chi connectivity index (χ0v) is 19.8. The Labute approximate surface area is 206 Å². The normalized spacial score (nSPS) is 11.5. The molecule has 4 aromatic rings. The molecule has 0 aliphatic heterocycles. The zero-order chi connectivity index (χ0) is 25.9. The van der Waals surface area contributed by atoms with Crippen LogP contribution in [0.15, 0.2) is 77.7 Å². The van der Waals surface area contributed by atoms with Crippen molar-refractivity contribution in [2.24, 2.45) is 0 Å². The van der Waals surface area contributed by atoms with Crippen LogP contribution in [0.2, 0.25) is 0 Å². The van der Waals surface area contributed by atoms with E-state index in [4.69, 9.17) is 0 Å². The molecule has 0 saturated carbocycles. The van der Waals surface area contributed by atoms with Gasteiger partial charge < -0.3 is 9.88 Å². The van der Waals surface area contributed by atoms with Crippen LogP contribution in [0.25, 0.3) is 5.69 Å². The molecule has 1 amide bonds. The molecule has 0 bridgehead atoms. The minimum Gasteiger partial charge on any atom is -0.352 e. The first-order valence-corrected chi connectivity index (χ1v) is 11.3. The minimum absolute atomic E-state index is 0.0611. The third-order valence-electron chi connectivity index (χ3n) is 5.96. The molecule has 36 heavy (non-hydrogen) atoms. The maximum Gasteiger partial charge on any atom is 0.416 e. The summed E-state index contributed by atoms with van der Waals surface area (Å²) in [6.07, 6.45) is -2.66. The van der Waals surface area contributed by atoms with Gasteiger partial charge in [0.2, 0.25) is 5.91 Å². The van der Waals surface area contributed by atoms with E-state index in [1.165, 1.54) is 16.8 Å². The number of halogens is 3. The Bertz CT molecular complexity index is 1440. The van der Waals surface area contributed by atoms with Crippen molar-refractivity contribution < 1.29 is 18.0 Å². The summed E-state index contributed by atoms with van der Waals surface area (Å²) < 4.78 is 42.4. The van der Waals surface area contributed by atoms with Crippen LogP contribution in [-0.4, -0.2) is 20.3 Å². The van der Waals surface area contributed by atoms with Crippen molar-refractivity contribution in [1.29, 1.82) is 0 Å². The summed E-state index contributed by atoms with van der Waals surface area (Å²) in [5.74, 6) is -0.218. The van der Waals surface area contributed by atoms with Gasteiger partial charge in [0.25, 0.3) is 5.56 Å². The molecule has 0 aliphatic rings. The van der Waals surface area contributed by atoms with E-state index in [0.717, 1.165) is 23.3 Å². The fraction of sp³-hybridized carbons (Fsp3) is 0.222. The van der Waals surface area contributed by atoms with Crippen LogP contribution in [0.4, 0.5) is 13.2 Å². The lowest BCUT2D eigenvalue weighted by Crippen LogP contribution is -2.25. The number of hydrogen-bond donors (Lipinski definition) is 1. The van der Waals surface area contributed by atoms with E-state index >= 15 is 0 Å². The SMILES string of the molecule is Cc1nn(-c2cccc(C(F)(F)F)c2)c(C)c1CC(=O)NCc1ccc(Cn2ccccc2=O)cc1. The van der Waals surface area contributed by atoms with Gasteiger partial charge in [0.05, 0.1) is 29.9 Å². The van der Waals surface area contributed by atoms with Gasteiger partial charge in [-0.1, -0.05) is 36.4 Å². The number of carbonyl (C=O) groups excluding carboxylic acids is 1. The quantitative estimate of drug-likeness (QED) is 0.409. The molecule has 0 aliphatic carbocycles. The Kier molecular flexibility index (Phi) is 7.10. The predicted molar refractivity (Wildman–Crippen MR) is 130 cm³/mol. The van der Waals surface area contributed by atoms with Gasteiger partial charge in [-0.15, -0.1) is 0 Å². The Hall–Kier alpha value is -4.14. The number of benzene rings is 2. The molecule has 0 unspecified atom stereocenters. The first-order chi connectivity index (χ1) is 17.1. The molecule has 0 atom stereocenters. The van der Waals surface area contributed by atoms with Crippen LogP contribution in [0.5, 0.6) is 0 Å². The zero-order valence-electron chi connectivity index (χ0n) is 19.8. The average Bonchev–Trinajstić information content (AvgIpc) is 3.13. The maximum absolute atomic E-state index is 13.1. The van der Waals surface area contributed by atoms with Crippen LogP contribution in [-0.2, 0) is 30.5 Å². The number of aryl methyl sites for hydroxylation is 1. The highest BCUT2D eigenvalue weighted by atomic mass is 19.4. The number of aromatic nitrogens is 3. The Balaban J connectivity index is 1.39. The van der Waals surface area contributed by atoms with E-state index in [-0.39, 0.29) is 23.6 Å². The number of carbonyl (C=O) groups is 1. The summed E-state index contributed by atoms with van der Waals surface area (Å²) in [5, 5.41) is 7.25. The van der Waals surface area contributed by atoms with Crippen LogP contribution >= 0.6 is 0 Å². The van der Waals surface area contributed by atoms with Crippen molar-refractivity contribution in [1.82, 2.24) is 19.7 Å². The van der Waals surface area contributed by atoms with Gasteiger partial charge in [0, 0.05) is 30.1 Å². The molecule has 4 rings (SSSR count). The molecule has 2 aromatic heterocycles. The lowest BCUT2D eigenvalue weighted by atomic mass is 10.1.